The van der Waals surface area contributed by atoms with E-state index in [9.17, 15) is 13.2 Å². The summed E-state index contributed by atoms with van der Waals surface area (Å²) in [4.78, 5) is 13.7. The Morgan fingerprint density at radius 2 is 1.92 bits per heavy atom. The van der Waals surface area contributed by atoms with Crippen LogP contribution in [0.25, 0.3) is 0 Å². The molecule has 0 bridgehead atoms. The van der Waals surface area contributed by atoms with Gasteiger partial charge in [-0.05, 0) is 34.6 Å². The van der Waals surface area contributed by atoms with E-state index in [4.69, 9.17) is 4.74 Å². The summed E-state index contributed by atoms with van der Waals surface area (Å²) < 4.78 is 32.4. The van der Waals surface area contributed by atoms with Crippen LogP contribution in [0.5, 0.6) is 0 Å². The number of sulfonamides is 1. The van der Waals surface area contributed by atoms with Gasteiger partial charge >= 0.3 is 6.09 Å². The van der Waals surface area contributed by atoms with Gasteiger partial charge in [-0.1, -0.05) is 39.0 Å². The molecule has 1 unspecified atom stereocenters. The number of carbonyl (C=O) groups is 1. The lowest BCUT2D eigenvalue weighted by Crippen LogP contribution is -2.34. The van der Waals surface area contributed by atoms with Gasteiger partial charge in [-0.25, -0.2) is 17.9 Å². The van der Waals surface area contributed by atoms with E-state index in [2.05, 4.69) is 25.5 Å². The first-order valence-corrected chi connectivity index (χ1v) is 10.6. The molecule has 0 spiro atoms. The van der Waals surface area contributed by atoms with Crippen LogP contribution in [-0.4, -0.2) is 33.7 Å². The fourth-order valence-corrected chi connectivity index (χ4v) is 4.77. The molecule has 1 amide bonds. The minimum absolute atomic E-state index is 0.0344. The summed E-state index contributed by atoms with van der Waals surface area (Å²) in [7, 11) is -3.57. The Balaban J connectivity index is 1.64. The van der Waals surface area contributed by atoms with E-state index in [1.54, 1.807) is 11.4 Å². The van der Waals surface area contributed by atoms with Gasteiger partial charge in [-0.15, -0.1) is 11.3 Å². The lowest BCUT2D eigenvalue weighted by atomic mass is 9.87. The summed E-state index contributed by atoms with van der Waals surface area (Å²) >= 11 is 1.14. The van der Waals surface area contributed by atoms with Gasteiger partial charge in [0.1, 0.15) is 10.3 Å². The summed E-state index contributed by atoms with van der Waals surface area (Å²) in [5, 5.41) is 1.70. The van der Waals surface area contributed by atoms with Crippen LogP contribution in [0.15, 0.2) is 46.0 Å². The second-order valence-electron chi connectivity index (χ2n) is 7.20. The lowest BCUT2D eigenvalue weighted by Gasteiger charge is -2.20. The van der Waals surface area contributed by atoms with Crippen molar-refractivity contribution >= 4 is 33.1 Å². The Morgan fingerprint density at radius 1 is 1.23 bits per heavy atom. The number of hydrogen-bond acceptors (Lipinski definition) is 5. The van der Waals surface area contributed by atoms with Gasteiger partial charge in [0, 0.05) is 12.2 Å². The molecule has 2 aromatic rings. The minimum atomic E-state index is -3.57. The van der Waals surface area contributed by atoms with E-state index in [1.807, 2.05) is 24.3 Å². The van der Waals surface area contributed by atoms with Crippen molar-refractivity contribution in [1.82, 2.24) is 4.72 Å². The predicted molar refractivity (Wildman–Crippen MR) is 102 cm³/mol. The van der Waals surface area contributed by atoms with E-state index in [0.29, 0.717) is 6.54 Å². The lowest BCUT2D eigenvalue weighted by molar-refractivity contribution is 0.143. The van der Waals surface area contributed by atoms with Crippen LogP contribution in [0.3, 0.4) is 0 Å². The number of ether oxygens (including phenoxy) is 1. The first-order chi connectivity index (χ1) is 12.2. The van der Waals surface area contributed by atoms with Crippen molar-refractivity contribution in [3.05, 3.63) is 47.3 Å². The molecule has 1 aliphatic rings. The molecule has 1 saturated heterocycles. The normalized spacial score (nSPS) is 18.2. The van der Waals surface area contributed by atoms with Gasteiger partial charge in [-0.2, -0.15) is 0 Å². The van der Waals surface area contributed by atoms with Crippen molar-refractivity contribution in [1.29, 1.82) is 0 Å². The predicted octanol–water partition coefficient (Wildman–Crippen LogP) is 3.35. The van der Waals surface area contributed by atoms with E-state index in [1.165, 1.54) is 16.5 Å². The molecular weight excluding hydrogens is 372 g/mol. The average Bonchev–Trinajstić information content (AvgIpc) is 3.22. The smallest absolute Gasteiger partial charge is 0.414 e. The Labute approximate surface area is 157 Å². The third kappa shape index (κ3) is 4.08. The molecule has 8 heteroatoms. The van der Waals surface area contributed by atoms with Crippen LogP contribution < -0.4 is 9.62 Å². The van der Waals surface area contributed by atoms with Crippen LogP contribution in [-0.2, 0) is 20.2 Å². The van der Waals surface area contributed by atoms with E-state index in [0.717, 1.165) is 17.0 Å². The minimum Gasteiger partial charge on any atom is -0.443 e. The molecule has 2 heterocycles. The Morgan fingerprint density at radius 3 is 2.50 bits per heavy atom. The molecule has 140 valence electrons. The first kappa shape index (κ1) is 18.9. The van der Waals surface area contributed by atoms with Crippen LogP contribution in [0.4, 0.5) is 10.5 Å². The molecule has 3 rings (SSSR count). The third-order valence-corrected chi connectivity index (χ3v) is 7.00. The van der Waals surface area contributed by atoms with Crippen molar-refractivity contribution < 1.29 is 17.9 Å². The molecule has 1 fully saturated rings. The first-order valence-electron chi connectivity index (χ1n) is 8.29. The zero-order valence-electron chi connectivity index (χ0n) is 14.9. The highest BCUT2D eigenvalue weighted by Crippen LogP contribution is 2.27. The number of hydrogen-bond donors (Lipinski definition) is 1. The van der Waals surface area contributed by atoms with Gasteiger partial charge < -0.3 is 4.74 Å². The zero-order chi connectivity index (χ0) is 18.9. The van der Waals surface area contributed by atoms with Crippen LogP contribution in [0.1, 0.15) is 26.3 Å². The quantitative estimate of drug-likeness (QED) is 0.844. The molecule has 1 aromatic carbocycles. The second kappa shape index (κ2) is 7.02. The molecule has 0 aliphatic carbocycles. The van der Waals surface area contributed by atoms with Gasteiger partial charge in [0.05, 0.1) is 6.54 Å². The van der Waals surface area contributed by atoms with Gasteiger partial charge in [0.2, 0.25) is 10.0 Å². The number of carbonyl (C=O) groups excluding carboxylic acids is 1. The molecular formula is C18H22N2O4S2. The summed E-state index contributed by atoms with van der Waals surface area (Å²) in [6.45, 7) is 6.73. The number of benzene rings is 1. The SMILES string of the molecule is CC(C)(C)c1ccc(N2CC(CNS(=O)(=O)c3cccs3)OC2=O)cc1. The number of nitrogens with one attached hydrogen (secondary N) is 1. The molecule has 6 nitrogen and oxygen atoms in total. The summed E-state index contributed by atoms with van der Waals surface area (Å²) in [6.07, 6.45) is -0.992. The Kier molecular flexibility index (Phi) is 5.09. The van der Waals surface area contributed by atoms with Crippen molar-refractivity contribution in [3.8, 4) is 0 Å². The molecule has 0 saturated carbocycles. The van der Waals surface area contributed by atoms with Crippen molar-refractivity contribution in [2.24, 2.45) is 0 Å². The van der Waals surface area contributed by atoms with Gasteiger partial charge in [0.15, 0.2) is 0 Å². The van der Waals surface area contributed by atoms with Gasteiger partial charge in [0.25, 0.3) is 0 Å². The molecule has 1 N–H and O–H groups in total. The number of amides is 1. The summed E-state index contributed by atoms with van der Waals surface area (Å²) in [5.74, 6) is 0. The fourth-order valence-electron chi connectivity index (χ4n) is 2.67. The number of rotatable bonds is 5. The molecule has 1 aromatic heterocycles. The fraction of sp³-hybridized carbons (Fsp3) is 0.389. The molecule has 1 aliphatic heterocycles. The van der Waals surface area contributed by atoms with Crippen molar-refractivity contribution in [2.45, 2.75) is 36.5 Å². The molecule has 1 atom stereocenters. The monoisotopic (exact) mass is 394 g/mol. The van der Waals surface area contributed by atoms with Gasteiger partial charge in [-0.3, -0.25) is 4.90 Å². The maximum Gasteiger partial charge on any atom is 0.414 e. The zero-order valence-corrected chi connectivity index (χ0v) is 16.6. The Hall–Kier alpha value is -1.90. The van der Waals surface area contributed by atoms with Crippen LogP contribution >= 0.6 is 11.3 Å². The number of cyclic esters (lactones) is 1. The Bertz CT molecular complexity index is 869. The van der Waals surface area contributed by atoms with E-state index in [-0.39, 0.29) is 16.2 Å². The third-order valence-electron chi connectivity index (χ3n) is 4.18. The number of anilines is 1. The maximum absolute atomic E-state index is 12.2. The number of nitrogens with zero attached hydrogens (tertiary/aromatic N) is 1. The maximum atomic E-state index is 12.2. The van der Waals surface area contributed by atoms with Crippen LogP contribution in [0, 0.1) is 0 Å². The van der Waals surface area contributed by atoms with Crippen molar-refractivity contribution in [2.75, 3.05) is 18.0 Å². The highest BCUT2D eigenvalue weighted by atomic mass is 32.2. The van der Waals surface area contributed by atoms with Crippen LogP contribution in [0.2, 0.25) is 0 Å². The number of thiophene rings is 1. The highest BCUT2D eigenvalue weighted by molar-refractivity contribution is 7.91. The summed E-state index contributed by atoms with van der Waals surface area (Å²) in [6, 6.07) is 11.0. The second-order valence-corrected chi connectivity index (χ2v) is 10.1. The average molecular weight is 395 g/mol. The summed E-state index contributed by atoms with van der Waals surface area (Å²) in [5.41, 5.74) is 1.95. The topological polar surface area (TPSA) is 75.7 Å². The molecule has 26 heavy (non-hydrogen) atoms. The largest absolute Gasteiger partial charge is 0.443 e. The van der Waals surface area contributed by atoms with Crippen molar-refractivity contribution in [3.63, 3.8) is 0 Å². The highest BCUT2D eigenvalue weighted by Gasteiger charge is 2.33. The van der Waals surface area contributed by atoms with E-state index < -0.39 is 22.2 Å². The molecule has 0 radical (unpaired) electrons. The standard InChI is InChI=1S/C18H22N2O4S2/c1-18(2,3)13-6-8-14(9-7-13)20-12-15(24-17(20)21)11-19-26(22,23)16-5-4-10-25-16/h4-10,15,19H,11-12H2,1-3H3. The van der Waals surface area contributed by atoms with E-state index >= 15 is 0 Å².